The Balaban J connectivity index is 1.52. The van der Waals surface area contributed by atoms with E-state index in [0.717, 1.165) is 5.75 Å². The first-order valence-electron chi connectivity index (χ1n) is 8.40. The molecule has 0 aliphatic carbocycles. The summed E-state index contributed by atoms with van der Waals surface area (Å²) < 4.78 is 5.71. The van der Waals surface area contributed by atoms with Crippen molar-refractivity contribution in [1.82, 2.24) is 5.32 Å². The smallest absolute Gasteiger partial charge is 0.240 e. The summed E-state index contributed by atoms with van der Waals surface area (Å²) >= 11 is 1.26. The minimum atomic E-state index is -0.478. The number of amidine groups is 1. The number of nitrogens with zero attached hydrogens (tertiary/aromatic N) is 1. The van der Waals surface area contributed by atoms with Gasteiger partial charge < -0.3 is 15.4 Å². The standard InChI is InChI=1S/C20H19N3O3S/c1-2-12-21-20-23-19(25)17(27-20)13-18(24)22-14-8-10-16(11-9-14)26-15-6-4-3-5-7-15/h2-11,17H,1,12-13H2,(H,22,24)(H,21,23,25)/t17-/m1/s1. The number of nitrogens with one attached hydrogen (secondary N) is 2. The molecule has 0 aromatic heterocycles. The van der Waals surface area contributed by atoms with Crippen LogP contribution in [-0.4, -0.2) is 28.8 Å². The maximum atomic E-state index is 12.2. The molecule has 2 N–H and O–H groups in total. The second-order valence-corrected chi connectivity index (χ2v) is 6.91. The summed E-state index contributed by atoms with van der Waals surface area (Å²) in [6.45, 7) is 4.01. The molecule has 0 bridgehead atoms. The van der Waals surface area contributed by atoms with Gasteiger partial charge in [-0.1, -0.05) is 36.0 Å². The average Bonchev–Trinajstić information content (AvgIpc) is 3.02. The summed E-state index contributed by atoms with van der Waals surface area (Å²) in [6, 6.07) is 16.5. The lowest BCUT2D eigenvalue weighted by Crippen LogP contribution is -2.28. The van der Waals surface area contributed by atoms with Crippen LogP contribution >= 0.6 is 11.8 Å². The number of aliphatic imine (C=N–C) groups is 1. The number of hydrogen-bond acceptors (Lipinski definition) is 5. The highest BCUT2D eigenvalue weighted by Gasteiger charge is 2.31. The van der Waals surface area contributed by atoms with Crippen molar-refractivity contribution in [3.63, 3.8) is 0 Å². The lowest BCUT2D eigenvalue weighted by atomic mass is 10.2. The van der Waals surface area contributed by atoms with Crippen molar-refractivity contribution in [3.8, 4) is 11.5 Å². The van der Waals surface area contributed by atoms with Crippen LogP contribution in [0.25, 0.3) is 0 Å². The van der Waals surface area contributed by atoms with Gasteiger partial charge in [0.2, 0.25) is 11.8 Å². The fourth-order valence-corrected chi connectivity index (χ4v) is 3.35. The Morgan fingerprint density at radius 1 is 1.19 bits per heavy atom. The SMILES string of the molecule is C=CCN=C1NC(=O)[C@@H](CC(=O)Nc2ccc(Oc3ccccc3)cc2)S1. The van der Waals surface area contributed by atoms with E-state index >= 15 is 0 Å². The molecule has 0 unspecified atom stereocenters. The van der Waals surface area contributed by atoms with E-state index in [2.05, 4.69) is 22.2 Å². The van der Waals surface area contributed by atoms with E-state index in [1.165, 1.54) is 11.8 Å². The molecule has 138 valence electrons. The number of carbonyl (C=O) groups excluding carboxylic acids is 2. The molecule has 27 heavy (non-hydrogen) atoms. The van der Waals surface area contributed by atoms with Crippen LogP contribution in [-0.2, 0) is 9.59 Å². The van der Waals surface area contributed by atoms with Crippen LogP contribution in [0.15, 0.2) is 72.2 Å². The summed E-state index contributed by atoms with van der Waals surface area (Å²) in [5.74, 6) is 0.981. The number of anilines is 1. The van der Waals surface area contributed by atoms with Gasteiger partial charge in [0.1, 0.15) is 16.7 Å². The molecule has 1 aliphatic heterocycles. The lowest BCUT2D eigenvalue weighted by Gasteiger charge is -2.09. The van der Waals surface area contributed by atoms with Crippen molar-refractivity contribution in [2.45, 2.75) is 11.7 Å². The number of ether oxygens (including phenoxy) is 1. The number of hydrogen-bond donors (Lipinski definition) is 2. The second kappa shape index (κ2) is 9.05. The summed E-state index contributed by atoms with van der Waals surface area (Å²) in [4.78, 5) is 28.3. The highest BCUT2D eigenvalue weighted by Crippen LogP contribution is 2.25. The monoisotopic (exact) mass is 381 g/mol. The third-order valence-electron chi connectivity index (χ3n) is 3.63. The number of amides is 2. The molecule has 2 aromatic rings. The van der Waals surface area contributed by atoms with E-state index in [-0.39, 0.29) is 18.2 Å². The first-order chi connectivity index (χ1) is 13.1. The first kappa shape index (κ1) is 18.7. The van der Waals surface area contributed by atoms with Crippen LogP contribution < -0.4 is 15.4 Å². The third-order valence-corrected chi connectivity index (χ3v) is 4.75. The van der Waals surface area contributed by atoms with Gasteiger partial charge in [0.15, 0.2) is 5.17 Å². The second-order valence-electron chi connectivity index (χ2n) is 5.72. The van der Waals surface area contributed by atoms with Crippen molar-refractivity contribution < 1.29 is 14.3 Å². The lowest BCUT2D eigenvalue weighted by molar-refractivity contribution is -0.122. The Kier molecular flexibility index (Phi) is 6.27. The van der Waals surface area contributed by atoms with Gasteiger partial charge >= 0.3 is 0 Å². The van der Waals surface area contributed by atoms with Crippen LogP contribution in [0.4, 0.5) is 5.69 Å². The molecule has 1 atom stereocenters. The maximum Gasteiger partial charge on any atom is 0.240 e. The molecule has 1 heterocycles. The Morgan fingerprint density at radius 2 is 1.89 bits per heavy atom. The van der Waals surface area contributed by atoms with Crippen molar-refractivity contribution >= 4 is 34.4 Å². The van der Waals surface area contributed by atoms with Gasteiger partial charge in [-0.25, -0.2) is 0 Å². The number of para-hydroxylation sites is 1. The quantitative estimate of drug-likeness (QED) is 0.719. The zero-order valence-electron chi connectivity index (χ0n) is 14.6. The predicted octanol–water partition coefficient (Wildman–Crippen LogP) is 3.58. The maximum absolute atomic E-state index is 12.2. The molecule has 6 nitrogen and oxygen atoms in total. The van der Waals surface area contributed by atoms with Gasteiger partial charge in [0, 0.05) is 12.1 Å². The topological polar surface area (TPSA) is 79.8 Å². The zero-order chi connectivity index (χ0) is 19.1. The van der Waals surface area contributed by atoms with Crippen LogP contribution in [0.3, 0.4) is 0 Å². The molecule has 7 heteroatoms. The predicted molar refractivity (Wildman–Crippen MR) is 108 cm³/mol. The van der Waals surface area contributed by atoms with Crippen LogP contribution in [0.1, 0.15) is 6.42 Å². The molecule has 0 saturated carbocycles. The van der Waals surface area contributed by atoms with Gasteiger partial charge in [0.05, 0.1) is 6.54 Å². The molecule has 3 rings (SSSR count). The number of rotatable bonds is 7. The minimum absolute atomic E-state index is 0.0753. The molecule has 2 aromatic carbocycles. The van der Waals surface area contributed by atoms with Crippen molar-refractivity contribution in [2.24, 2.45) is 4.99 Å². The minimum Gasteiger partial charge on any atom is -0.457 e. The van der Waals surface area contributed by atoms with Crippen molar-refractivity contribution in [3.05, 3.63) is 67.3 Å². The molecular weight excluding hydrogens is 362 g/mol. The van der Waals surface area contributed by atoms with Crippen LogP contribution in [0, 0.1) is 0 Å². The van der Waals surface area contributed by atoms with E-state index in [0.29, 0.717) is 23.1 Å². The first-order valence-corrected chi connectivity index (χ1v) is 9.27. The molecule has 0 radical (unpaired) electrons. The van der Waals surface area contributed by atoms with E-state index < -0.39 is 5.25 Å². The number of benzene rings is 2. The van der Waals surface area contributed by atoms with Gasteiger partial charge in [-0.3, -0.25) is 14.6 Å². The molecule has 1 saturated heterocycles. The Hall–Kier alpha value is -3.06. The normalized spacial score (nSPS) is 17.4. The Labute approximate surface area is 161 Å². The fourth-order valence-electron chi connectivity index (χ4n) is 2.37. The zero-order valence-corrected chi connectivity index (χ0v) is 15.4. The highest BCUT2D eigenvalue weighted by molar-refractivity contribution is 8.15. The molecule has 1 aliphatic rings. The molecule has 0 spiro atoms. The molecular formula is C20H19N3O3S. The van der Waals surface area contributed by atoms with Crippen LogP contribution in [0.2, 0.25) is 0 Å². The third kappa shape index (κ3) is 5.46. The van der Waals surface area contributed by atoms with Gasteiger partial charge in [0.25, 0.3) is 0 Å². The number of carbonyl (C=O) groups is 2. The fraction of sp³-hybridized carbons (Fsp3) is 0.150. The van der Waals surface area contributed by atoms with E-state index in [1.54, 1.807) is 30.3 Å². The van der Waals surface area contributed by atoms with Gasteiger partial charge in [-0.15, -0.1) is 6.58 Å². The van der Waals surface area contributed by atoms with E-state index in [4.69, 9.17) is 4.74 Å². The van der Waals surface area contributed by atoms with Crippen LogP contribution in [0.5, 0.6) is 11.5 Å². The molecule has 1 fully saturated rings. The van der Waals surface area contributed by atoms with Crippen molar-refractivity contribution in [2.75, 3.05) is 11.9 Å². The van der Waals surface area contributed by atoms with E-state index in [9.17, 15) is 9.59 Å². The van der Waals surface area contributed by atoms with E-state index in [1.807, 2.05) is 30.3 Å². The summed E-state index contributed by atoms with van der Waals surface area (Å²) in [7, 11) is 0. The van der Waals surface area contributed by atoms with Crippen molar-refractivity contribution in [1.29, 1.82) is 0 Å². The summed E-state index contributed by atoms with van der Waals surface area (Å²) in [5.41, 5.74) is 0.643. The summed E-state index contributed by atoms with van der Waals surface area (Å²) in [5, 5.41) is 5.51. The average molecular weight is 381 g/mol. The molecule has 2 amide bonds. The van der Waals surface area contributed by atoms with Gasteiger partial charge in [-0.2, -0.15) is 0 Å². The Morgan fingerprint density at radius 3 is 2.59 bits per heavy atom. The highest BCUT2D eigenvalue weighted by atomic mass is 32.2. The Bertz CT molecular complexity index is 851. The largest absolute Gasteiger partial charge is 0.457 e. The number of thioether (sulfide) groups is 1. The van der Waals surface area contributed by atoms with Gasteiger partial charge in [-0.05, 0) is 36.4 Å². The summed E-state index contributed by atoms with van der Waals surface area (Å²) in [6.07, 6.45) is 1.72.